The van der Waals surface area contributed by atoms with Gasteiger partial charge in [-0.2, -0.15) is 0 Å². The lowest BCUT2D eigenvalue weighted by atomic mass is 9.85. The van der Waals surface area contributed by atoms with Gasteiger partial charge in [0.25, 0.3) is 0 Å². The van der Waals surface area contributed by atoms with Gasteiger partial charge in [0, 0.05) is 5.70 Å². The van der Waals surface area contributed by atoms with Crippen LogP contribution >= 0.6 is 0 Å². The van der Waals surface area contributed by atoms with Gasteiger partial charge in [-0.25, -0.2) is 0 Å². The van der Waals surface area contributed by atoms with Crippen molar-refractivity contribution in [2.75, 3.05) is 0 Å². The van der Waals surface area contributed by atoms with Crippen LogP contribution in [0.5, 0.6) is 0 Å². The molecule has 0 heterocycles. The fourth-order valence-corrected chi connectivity index (χ4v) is 1.31. The van der Waals surface area contributed by atoms with Gasteiger partial charge in [-0.3, -0.25) is 0 Å². The maximum atomic E-state index is 5.66. The van der Waals surface area contributed by atoms with E-state index in [0.29, 0.717) is 11.8 Å². The molecule has 0 saturated heterocycles. The van der Waals surface area contributed by atoms with Crippen molar-refractivity contribution < 1.29 is 0 Å². The molecule has 0 amide bonds. The van der Waals surface area contributed by atoms with Gasteiger partial charge in [-0.15, -0.1) is 0 Å². The summed E-state index contributed by atoms with van der Waals surface area (Å²) in [6.45, 7) is 6.58. The Kier molecular flexibility index (Phi) is 1.84. The van der Waals surface area contributed by atoms with Crippen molar-refractivity contribution in [2.45, 2.75) is 20.8 Å². The molecule has 0 aliphatic heterocycles. The molecule has 1 aliphatic rings. The monoisotopic (exact) mass is 137 g/mol. The number of allylic oxidation sites excluding steroid dienone is 3. The van der Waals surface area contributed by atoms with E-state index >= 15 is 0 Å². The second kappa shape index (κ2) is 2.49. The molecule has 0 spiro atoms. The number of rotatable bonds is 0. The van der Waals surface area contributed by atoms with Gasteiger partial charge >= 0.3 is 0 Å². The highest BCUT2D eigenvalue weighted by atomic mass is 14.6. The molecule has 0 radical (unpaired) electrons. The molecule has 1 aliphatic carbocycles. The lowest BCUT2D eigenvalue weighted by molar-refractivity contribution is 0.518. The Hall–Kier alpha value is -0.720. The Morgan fingerprint density at radius 1 is 1.40 bits per heavy atom. The van der Waals surface area contributed by atoms with Crippen molar-refractivity contribution in [3.63, 3.8) is 0 Å². The van der Waals surface area contributed by atoms with Crippen LogP contribution in [0.4, 0.5) is 0 Å². The first-order chi connectivity index (χ1) is 4.61. The molecule has 1 rings (SSSR count). The smallest absolute Gasteiger partial charge is 0.0275 e. The number of nitrogens with two attached hydrogens (primary N) is 1. The summed E-state index contributed by atoms with van der Waals surface area (Å²) < 4.78 is 0. The highest BCUT2D eigenvalue weighted by molar-refractivity contribution is 5.27. The first kappa shape index (κ1) is 7.39. The average molecular weight is 137 g/mol. The van der Waals surface area contributed by atoms with Crippen molar-refractivity contribution in [1.82, 2.24) is 0 Å². The Morgan fingerprint density at radius 2 is 2.00 bits per heavy atom. The zero-order valence-corrected chi connectivity index (χ0v) is 6.89. The Labute approximate surface area is 62.6 Å². The molecule has 2 atom stereocenters. The second-order valence-electron chi connectivity index (χ2n) is 3.20. The molecule has 0 aromatic heterocycles. The summed E-state index contributed by atoms with van der Waals surface area (Å²) >= 11 is 0. The summed E-state index contributed by atoms with van der Waals surface area (Å²) in [5.74, 6) is 1.26. The van der Waals surface area contributed by atoms with Crippen LogP contribution in [0, 0.1) is 11.8 Å². The molecule has 10 heavy (non-hydrogen) atoms. The van der Waals surface area contributed by atoms with Crippen LogP contribution in [0.15, 0.2) is 23.4 Å². The fraction of sp³-hybridized carbons (Fsp3) is 0.556. The summed E-state index contributed by atoms with van der Waals surface area (Å²) in [5.41, 5.74) is 7.98. The molecule has 0 aromatic carbocycles. The Morgan fingerprint density at radius 3 is 2.50 bits per heavy atom. The van der Waals surface area contributed by atoms with Crippen molar-refractivity contribution in [2.24, 2.45) is 17.6 Å². The van der Waals surface area contributed by atoms with Crippen LogP contribution < -0.4 is 5.73 Å². The molecular formula is C9H15N. The predicted octanol–water partition coefficient (Wildman–Crippen LogP) is 2.06. The third kappa shape index (κ3) is 1.23. The number of hydrogen-bond donors (Lipinski definition) is 1. The molecule has 0 saturated carbocycles. The van der Waals surface area contributed by atoms with Gasteiger partial charge < -0.3 is 5.73 Å². The third-order valence-corrected chi connectivity index (χ3v) is 2.36. The molecule has 2 unspecified atom stereocenters. The first-order valence-corrected chi connectivity index (χ1v) is 3.76. The topological polar surface area (TPSA) is 26.0 Å². The summed E-state index contributed by atoms with van der Waals surface area (Å²) in [6.07, 6.45) is 4.18. The zero-order valence-electron chi connectivity index (χ0n) is 6.89. The minimum Gasteiger partial charge on any atom is -0.399 e. The van der Waals surface area contributed by atoms with E-state index in [0.717, 1.165) is 5.70 Å². The van der Waals surface area contributed by atoms with Gasteiger partial charge in [0.05, 0.1) is 0 Å². The minimum atomic E-state index is 0.602. The molecule has 2 N–H and O–H groups in total. The van der Waals surface area contributed by atoms with Crippen LogP contribution in [-0.4, -0.2) is 0 Å². The lowest BCUT2D eigenvalue weighted by Crippen LogP contribution is -2.14. The molecule has 1 nitrogen and oxygen atoms in total. The van der Waals surface area contributed by atoms with E-state index in [-0.39, 0.29) is 0 Å². The maximum absolute atomic E-state index is 5.66. The van der Waals surface area contributed by atoms with E-state index in [1.54, 1.807) is 0 Å². The van der Waals surface area contributed by atoms with E-state index in [1.165, 1.54) is 5.57 Å². The molecule has 0 fully saturated rings. The van der Waals surface area contributed by atoms with Crippen LogP contribution in [-0.2, 0) is 0 Å². The summed E-state index contributed by atoms with van der Waals surface area (Å²) in [4.78, 5) is 0. The van der Waals surface area contributed by atoms with Crippen LogP contribution in [0.3, 0.4) is 0 Å². The highest BCUT2D eigenvalue weighted by Gasteiger charge is 2.15. The normalized spacial score (nSPS) is 33.1. The highest BCUT2D eigenvalue weighted by Crippen LogP contribution is 2.26. The van der Waals surface area contributed by atoms with Crippen LogP contribution in [0.25, 0.3) is 0 Å². The van der Waals surface area contributed by atoms with Gasteiger partial charge in [-0.1, -0.05) is 25.5 Å². The van der Waals surface area contributed by atoms with Crippen molar-refractivity contribution in [3.8, 4) is 0 Å². The van der Waals surface area contributed by atoms with E-state index in [4.69, 9.17) is 5.73 Å². The molecular weight excluding hydrogens is 122 g/mol. The molecule has 0 aromatic rings. The Bertz CT molecular complexity index is 189. The maximum Gasteiger partial charge on any atom is 0.0275 e. The molecule has 1 heteroatoms. The quantitative estimate of drug-likeness (QED) is 0.543. The summed E-state index contributed by atoms with van der Waals surface area (Å²) in [6, 6.07) is 0. The van der Waals surface area contributed by atoms with E-state index in [9.17, 15) is 0 Å². The largest absolute Gasteiger partial charge is 0.399 e. The number of hydrogen-bond acceptors (Lipinski definition) is 1. The second-order valence-corrected chi connectivity index (χ2v) is 3.20. The molecule has 56 valence electrons. The van der Waals surface area contributed by atoms with Crippen molar-refractivity contribution >= 4 is 0 Å². The zero-order chi connectivity index (χ0) is 7.72. The molecule has 0 bridgehead atoms. The van der Waals surface area contributed by atoms with Gasteiger partial charge in [0.15, 0.2) is 0 Å². The van der Waals surface area contributed by atoms with Gasteiger partial charge in [0.1, 0.15) is 0 Å². The lowest BCUT2D eigenvalue weighted by Gasteiger charge is -2.22. The van der Waals surface area contributed by atoms with Crippen LogP contribution in [0.1, 0.15) is 20.8 Å². The van der Waals surface area contributed by atoms with E-state index in [1.807, 2.05) is 0 Å². The van der Waals surface area contributed by atoms with E-state index in [2.05, 4.69) is 32.9 Å². The minimum absolute atomic E-state index is 0.602. The van der Waals surface area contributed by atoms with Crippen molar-refractivity contribution in [3.05, 3.63) is 23.4 Å². The summed E-state index contributed by atoms with van der Waals surface area (Å²) in [7, 11) is 0. The van der Waals surface area contributed by atoms with Crippen LogP contribution in [0.2, 0.25) is 0 Å². The average Bonchev–Trinajstić information content (AvgIpc) is 1.82. The van der Waals surface area contributed by atoms with Crippen molar-refractivity contribution in [1.29, 1.82) is 0 Å². The van der Waals surface area contributed by atoms with Gasteiger partial charge in [0.2, 0.25) is 0 Å². The predicted molar refractivity (Wildman–Crippen MR) is 44.4 cm³/mol. The Balaban J connectivity index is 2.85. The summed E-state index contributed by atoms with van der Waals surface area (Å²) in [5, 5.41) is 0. The SMILES string of the molecule is CC1=CC(N)=CC(C)C1C. The standard InChI is InChI=1S/C9H15N/c1-6-4-9(10)5-7(2)8(6)3/h4-6,8H,10H2,1-3H3. The third-order valence-electron chi connectivity index (χ3n) is 2.36. The van der Waals surface area contributed by atoms with Gasteiger partial charge in [-0.05, 0) is 24.8 Å². The first-order valence-electron chi connectivity index (χ1n) is 3.76. The van der Waals surface area contributed by atoms with E-state index < -0.39 is 0 Å². The fourth-order valence-electron chi connectivity index (χ4n) is 1.31.